The van der Waals surface area contributed by atoms with E-state index in [-0.39, 0.29) is 23.8 Å². The molecule has 0 aromatic heterocycles. The van der Waals surface area contributed by atoms with E-state index in [0.717, 1.165) is 0 Å². The quantitative estimate of drug-likeness (QED) is 0.852. The number of rotatable bonds is 4. The minimum Gasteiger partial charge on any atom is -0.347 e. The third-order valence-electron chi connectivity index (χ3n) is 4.65. The summed E-state index contributed by atoms with van der Waals surface area (Å²) in [5.41, 5.74) is 0.503. The van der Waals surface area contributed by atoms with Gasteiger partial charge in [0.2, 0.25) is 11.8 Å². The van der Waals surface area contributed by atoms with E-state index in [1.165, 1.54) is 0 Å². The zero-order chi connectivity index (χ0) is 18.1. The minimum absolute atomic E-state index is 0.0541. The zero-order valence-electron chi connectivity index (χ0n) is 14.3. The van der Waals surface area contributed by atoms with Crippen molar-refractivity contribution in [3.05, 3.63) is 34.9 Å². The van der Waals surface area contributed by atoms with Crippen molar-refractivity contribution in [1.29, 1.82) is 0 Å². The lowest BCUT2D eigenvalue weighted by molar-refractivity contribution is -0.147. The molecular formula is C18H22ClN3O3. The molecule has 2 heterocycles. The molecule has 134 valence electrons. The van der Waals surface area contributed by atoms with Crippen molar-refractivity contribution in [1.82, 2.24) is 15.5 Å². The van der Waals surface area contributed by atoms with E-state index in [2.05, 4.69) is 10.6 Å². The molecule has 6 nitrogen and oxygen atoms in total. The number of carbonyl (C=O) groups excluding carboxylic acids is 3. The van der Waals surface area contributed by atoms with Crippen molar-refractivity contribution < 1.29 is 14.4 Å². The van der Waals surface area contributed by atoms with Gasteiger partial charge in [-0.25, -0.2) is 0 Å². The second kappa shape index (κ2) is 7.04. The number of hydrogen-bond donors (Lipinski definition) is 2. The molecule has 25 heavy (non-hydrogen) atoms. The molecule has 0 spiro atoms. The fourth-order valence-corrected chi connectivity index (χ4v) is 3.59. The van der Waals surface area contributed by atoms with Gasteiger partial charge < -0.3 is 15.5 Å². The Labute approximate surface area is 151 Å². The number of carbonyl (C=O) groups is 3. The fourth-order valence-electron chi connectivity index (χ4n) is 3.46. The predicted molar refractivity (Wildman–Crippen MR) is 94.2 cm³/mol. The van der Waals surface area contributed by atoms with E-state index in [1.807, 2.05) is 13.8 Å². The largest absolute Gasteiger partial charge is 0.347 e. The van der Waals surface area contributed by atoms with Gasteiger partial charge in [-0.2, -0.15) is 0 Å². The molecule has 2 aliphatic rings. The number of halogens is 1. The first-order valence-electron chi connectivity index (χ1n) is 8.52. The number of hydrogen-bond acceptors (Lipinski definition) is 3. The summed E-state index contributed by atoms with van der Waals surface area (Å²) in [5, 5.41) is 6.30. The van der Waals surface area contributed by atoms with Crippen LogP contribution in [0.15, 0.2) is 24.3 Å². The molecule has 3 atom stereocenters. The summed E-state index contributed by atoms with van der Waals surface area (Å²) >= 11 is 5.83. The van der Waals surface area contributed by atoms with Crippen molar-refractivity contribution in [3.63, 3.8) is 0 Å². The molecule has 1 aromatic rings. The van der Waals surface area contributed by atoms with Gasteiger partial charge >= 0.3 is 0 Å². The molecule has 2 N–H and O–H groups in total. The fraction of sp³-hybridized carbons (Fsp3) is 0.500. The van der Waals surface area contributed by atoms with Crippen molar-refractivity contribution in [2.45, 2.75) is 44.8 Å². The van der Waals surface area contributed by atoms with Gasteiger partial charge in [0.1, 0.15) is 12.1 Å². The van der Waals surface area contributed by atoms with Crippen LogP contribution in [0.5, 0.6) is 0 Å². The van der Waals surface area contributed by atoms with E-state index < -0.39 is 12.1 Å². The van der Waals surface area contributed by atoms with Crippen LogP contribution in [0.3, 0.4) is 0 Å². The van der Waals surface area contributed by atoms with Crippen molar-refractivity contribution in [2.75, 3.05) is 6.54 Å². The standard InChI is InChI=1S/C18H22ClN3O3/c1-10(2)7-14-18(25)22-9-13(8-15(22)17(24)21-14)20-16(23)11-3-5-12(19)6-4-11/h3-6,10,13-15H,7-9H2,1-2H3,(H,20,23)(H,21,24)/t13-,14+,15-/m0/s1. The highest BCUT2D eigenvalue weighted by Gasteiger charge is 2.46. The number of benzene rings is 1. The van der Waals surface area contributed by atoms with Crippen molar-refractivity contribution >= 4 is 29.3 Å². The van der Waals surface area contributed by atoms with E-state index in [9.17, 15) is 14.4 Å². The molecule has 0 unspecified atom stereocenters. The number of piperazine rings is 1. The molecule has 0 aliphatic carbocycles. The predicted octanol–water partition coefficient (Wildman–Crippen LogP) is 1.58. The van der Waals surface area contributed by atoms with Crippen LogP contribution < -0.4 is 10.6 Å². The monoisotopic (exact) mass is 363 g/mol. The summed E-state index contributed by atoms with van der Waals surface area (Å²) in [6.45, 7) is 4.40. The van der Waals surface area contributed by atoms with Gasteiger partial charge in [0.05, 0.1) is 0 Å². The summed E-state index contributed by atoms with van der Waals surface area (Å²) < 4.78 is 0. The zero-order valence-corrected chi connectivity index (χ0v) is 15.0. The Kier molecular flexibility index (Phi) is 4.99. The van der Waals surface area contributed by atoms with Crippen LogP contribution in [0.2, 0.25) is 5.02 Å². The Bertz CT molecular complexity index is 689. The maximum Gasteiger partial charge on any atom is 0.251 e. The number of nitrogens with zero attached hydrogens (tertiary/aromatic N) is 1. The van der Waals surface area contributed by atoms with Gasteiger partial charge in [0.25, 0.3) is 5.91 Å². The second-order valence-corrected chi connectivity index (χ2v) is 7.55. The lowest BCUT2D eigenvalue weighted by atomic mass is 9.99. The van der Waals surface area contributed by atoms with E-state index >= 15 is 0 Å². The van der Waals surface area contributed by atoms with Crippen LogP contribution in [0.1, 0.15) is 37.0 Å². The molecule has 3 rings (SSSR count). The Balaban J connectivity index is 1.65. The molecule has 0 bridgehead atoms. The SMILES string of the molecule is CC(C)C[C@H]1NC(=O)[C@@H]2C[C@H](NC(=O)c3ccc(Cl)cc3)CN2C1=O. The Morgan fingerprint density at radius 3 is 2.64 bits per heavy atom. The van der Waals surface area contributed by atoms with E-state index in [0.29, 0.717) is 35.9 Å². The van der Waals surface area contributed by atoms with Crippen LogP contribution in [-0.4, -0.2) is 47.3 Å². The molecular weight excluding hydrogens is 342 g/mol. The number of fused-ring (bicyclic) bond motifs is 1. The third kappa shape index (κ3) is 3.79. The maximum absolute atomic E-state index is 12.6. The highest BCUT2D eigenvalue weighted by atomic mass is 35.5. The molecule has 7 heteroatoms. The van der Waals surface area contributed by atoms with Crippen LogP contribution in [0.25, 0.3) is 0 Å². The minimum atomic E-state index is -0.494. The third-order valence-corrected chi connectivity index (χ3v) is 4.90. The molecule has 0 radical (unpaired) electrons. The van der Waals surface area contributed by atoms with Gasteiger partial charge in [0.15, 0.2) is 0 Å². The molecule has 0 saturated carbocycles. The Hall–Kier alpha value is -2.08. The summed E-state index contributed by atoms with van der Waals surface area (Å²) in [4.78, 5) is 38.9. The highest BCUT2D eigenvalue weighted by Crippen LogP contribution is 2.25. The normalized spacial score (nSPS) is 25.8. The highest BCUT2D eigenvalue weighted by molar-refractivity contribution is 6.30. The smallest absolute Gasteiger partial charge is 0.251 e. The van der Waals surface area contributed by atoms with Crippen LogP contribution in [0, 0.1) is 5.92 Å². The van der Waals surface area contributed by atoms with Crippen molar-refractivity contribution in [2.24, 2.45) is 5.92 Å². The molecule has 2 aliphatic heterocycles. The van der Waals surface area contributed by atoms with Crippen LogP contribution in [0.4, 0.5) is 0 Å². The van der Waals surface area contributed by atoms with Gasteiger partial charge in [0, 0.05) is 23.2 Å². The van der Waals surface area contributed by atoms with Gasteiger partial charge in [-0.05, 0) is 43.0 Å². The van der Waals surface area contributed by atoms with Crippen LogP contribution in [-0.2, 0) is 9.59 Å². The van der Waals surface area contributed by atoms with Crippen LogP contribution >= 0.6 is 11.6 Å². The molecule has 1 aromatic carbocycles. The first kappa shape index (κ1) is 17.7. The lowest BCUT2D eigenvalue weighted by Crippen LogP contribution is -2.61. The average Bonchev–Trinajstić information content (AvgIpc) is 2.97. The summed E-state index contributed by atoms with van der Waals surface area (Å²) in [5.74, 6) is -0.100. The first-order chi connectivity index (χ1) is 11.8. The summed E-state index contributed by atoms with van der Waals surface area (Å²) in [6, 6.07) is 5.41. The lowest BCUT2D eigenvalue weighted by Gasteiger charge is -2.35. The molecule has 2 saturated heterocycles. The Morgan fingerprint density at radius 1 is 1.32 bits per heavy atom. The van der Waals surface area contributed by atoms with E-state index in [1.54, 1.807) is 29.2 Å². The van der Waals surface area contributed by atoms with Gasteiger partial charge in [-0.15, -0.1) is 0 Å². The number of nitrogens with one attached hydrogen (secondary N) is 2. The summed E-state index contributed by atoms with van der Waals surface area (Å²) in [7, 11) is 0. The molecule has 3 amide bonds. The Morgan fingerprint density at radius 2 is 2.00 bits per heavy atom. The topological polar surface area (TPSA) is 78.5 Å². The number of amides is 3. The van der Waals surface area contributed by atoms with Gasteiger partial charge in [-0.1, -0.05) is 25.4 Å². The molecule has 2 fully saturated rings. The van der Waals surface area contributed by atoms with Crippen molar-refractivity contribution in [3.8, 4) is 0 Å². The maximum atomic E-state index is 12.6. The average molecular weight is 364 g/mol. The first-order valence-corrected chi connectivity index (χ1v) is 8.90. The second-order valence-electron chi connectivity index (χ2n) is 7.11. The van der Waals surface area contributed by atoms with Gasteiger partial charge in [-0.3, -0.25) is 14.4 Å². The van der Waals surface area contributed by atoms with E-state index in [4.69, 9.17) is 11.6 Å². The summed E-state index contributed by atoms with van der Waals surface area (Å²) in [6.07, 6.45) is 1.06.